The van der Waals surface area contributed by atoms with Gasteiger partial charge in [0.2, 0.25) is 5.91 Å². The highest BCUT2D eigenvalue weighted by Gasteiger charge is 2.27. The number of carbonyl (C=O) groups excluding carboxylic acids is 2. The summed E-state index contributed by atoms with van der Waals surface area (Å²) in [5.74, 6) is 0.420. The van der Waals surface area contributed by atoms with Crippen LogP contribution in [0.3, 0.4) is 0 Å². The van der Waals surface area contributed by atoms with Crippen LogP contribution in [0.1, 0.15) is 28.1 Å². The number of thiophene rings is 1. The molecule has 0 aliphatic carbocycles. The number of benzene rings is 1. The van der Waals surface area contributed by atoms with Crippen LogP contribution in [-0.4, -0.2) is 43.1 Å². The number of hydrogen-bond acceptors (Lipinski definition) is 5. The van der Waals surface area contributed by atoms with Gasteiger partial charge in [-0.2, -0.15) is 5.10 Å². The van der Waals surface area contributed by atoms with Gasteiger partial charge >= 0.3 is 0 Å². The molecule has 0 unspecified atom stereocenters. The van der Waals surface area contributed by atoms with Crippen LogP contribution in [0.5, 0.6) is 5.75 Å². The number of ether oxygens (including phenoxy) is 1. The second-order valence-corrected chi connectivity index (χ2v) is 7.03. The van der Waals surface area contributed by atoms with Crippen molar-refractivity contribution < 1.29 is 14.3 Å². The van der Waals surface area contributed by atoms with Crippen LogP contribution >= 0.6 is 11.3 Å². The van der Waals surface area contributed by atoms with Gasteiger partial charge in [0, 0.05) is 29.4 Å². The highest BCUT2D eigenvalue weighted by molar-refractivity contribution is 7.11. The normalized spacial score (nSPS) is 15.2. The molecule has 1 fully saturated rings. The summed E-state index contributed by atoms with van der Waals surface area (Å²) in [4.78, 5) is 27.6. The summed E-state index contributed by atoms with van der Waals surface area (Å²) in [6.45, 7) is 1.12. The molecule has 6 nitrogen and oxygen atoms in total. The maximum Gasteiger partial charge on any atom is 0.253 e. The third kappa shape index (κ3) is 4.49. The molecular formula is C19H21N3O3S. The number of nitrogens with one attached hydrogen (secondary N) is 1. The Labute approximate surface area is 156 Å². The second-order valence-electron chi connectivity index (χ2n) is 6.05. The topological polar surface area (TPSA) is 71.0 Å². The van der Waals surface area contributed by atoms with Crippen molar-refractivity contribution in [3.8, 4) is 5.75 Å². The van der Waals surface area contributed by atoms with Crippen molar-refractivity contribution in [2.24, 2.45) is 11.0 Å². The molecule has 1 aliphatic rings. The minimum atomic E-state index is -0.121. The van der Waals surface area contributed by atoms with Crippen molar-refractivity contribution in [2.75, 3.05) is 20.2 Å². The van der Waals surface area contributed by atoms with Gasteiger partial charge in [0.1, 0.15) is 5.75 Å². The fraction of sp³-hybridized carbons (Fsp3) is 0.316. The van der Waals surface area contributed by atoms with Gasteiger partial charge in [-0.05, 0) is 42.5 Å². The number of amides is 2. The van der Waals surface area contributed by atoms with E-state index >= 15 is 0 Å². The monoisotopic (exact) mass is 371 g/mol. The molecule has 7 heteroatoms. The summed E-state index contributed by atoms with van der Waals surface area (Å²) < 4.78 is 5.17. The summed E-state index contributed by atoms with van der Waals surface area (Å²) >= 11 is 1.56. The fourth-order valence-corrected chi connectivity index (χ4v) is 3.48. The average Bonchev–Trinajstić information content (AvgIpc) is 3.21. The van der Waals surface area contributed by atoms with E-state index in [1.165, 1.54) is 0 Å². The predicted molar refractivity (Wildman–Crippen MR) is 102 cm³/mol. The Bertz CT molecular complexity index is 781. The van der Waals surface area contributed by atoms with E-state index in [0.717, 1.165) is 4.88 Å². The molecule has 136 valence electrons. The number of likely N-dealkylation sites (tertiary alicyclic amines) is 1. The number of nitrogens with zero attached hydrogens (tertiary/aromatic N) is 2. The highest BCUT2D eigenvalue weighted by atomic mass is 32.1. The first-order chi connectivity index (χ1) is 12.7. The molecule has 1 saturated heterocycles. The zero-order valence-electron chi connectivity index (χ0n) is 14.6. The number of hydrazone groups is 1. The number of rotatable bonds is 5. The molecule has 0 saturated carbocycles. The molecule has 1 N–H and O–H groups in total. The third-order valence-electron chi connectivity index (χ3n) is 4.38. The average molecular weight is 371 g/mol. The van der Waals surface area contributed by atoms with Gasteiger partial charge in [0.05, 0.1) is 13.3 Å². The van der Waals surface area contributed by atoms with Gasteiger partial charge in [-0.1, -0.05) is 12.1 Å². The van der Waals surface area contributed by atoms with Crippen LogP contribution in [0.15, 0.2) is 46.9 Å². The minimum Gasteiger partial charge on any atom is -0.497 e. The van der Waals surface area contributed by atoms with Crippen LogP contribution in [0, 0.1) is 5.92 Å². The van der Waals surface area contributed by atoms with Crippen LogP contribution in [0.2, 0.25) is 0 Å². The predicted octanol–water partition coefficient (Wildman–Crippen LogP) is 2.76. The van der Waals surface area contributed by atoms with Crippen molar-refractivity contribution in [1.29, 1.82) is 0 Å². The molecule has 2 amide bonds. The molecule has 26 heavy (non-hydrogen) atoms. The highest BCUT2D eigenvalue weighted by Crippen LogP contribution is 2.21. The van der Waals surface area contributed by atoms with Crippen LogP contribution in [0.25, 0.3) is 0 Å². The number of methoxy groups -OCH3 is 1. The van der Waals surface area contributed by atoms with E-state index in [2.05, 4.69) is 10.5 Å². The van der Waals surface area contributed by atoms with E-state index in [0.29, 0.717) is 37.2 Å². The molecule has 0 radical (unpaired) electrons. The summed E-state index contributed by atoms with van der Waals surface area (Å²) in [5.41, 5.74) is 3.20. The van der Waals surface area contributed by atoms with Crippen molar-refractivity contribution in [2.45, 2.75) is 12.8 Å². The van der Waals surface area contributed by atoms with Gasteiger partial charge in [-0.25, -0.2) is 5.43 Å². The van der Waals surface area contributed by atoms with Gasteiger partial charge in [0.15, 0.2) is 0 Å². The van der Waals surface area contributed by atoms with E-state index in [1.807, 2.05) is 23.6 Å². The lowest BCUT2D eigenvalue weighted by molar-refractivity contribution is -0.126. The first kappa shape index (κ1) is 18.1. The summed E-state index contributed by atoms with van der Waals surface area (Å²) in [6.07, 6.45) is 2.91. The lowest BCUT2D eigenvalue weighted by Gasteiger charge is -2.31. The van der Waals surface area contributed by atoms with Gasteiger partial charge in [-0.15, -0.1) is 11.3 Å². The first-order valence-corrected chi connectivity index (χ1v) is 9.35. The van der Waals surface area contributed by atoms with E-state index < -0.39 is 0 Å². The lowest BCUT2D eigenvalue weighted by atomic mass is 9.95. The van der Waals surface area contributed by atoms with Crippen molar-refractivity contribution >= 4 is 29.4 Å². The minimum absolute atomic E-state index is 0.0292. The van der Waals surface area contributed by atoms with E-state index in [-0.39, 0.29) is 17.7 Å². The van der Waals surface area contributed by atoms with Crippen molar-refractivity contribution in [1.82, 2.24) is 10.3 Å². The number of hydrogen-bond donors (Lipinski definition) is 1. The molecule has 0 atom stereocenters. The Morgan fingerprint density at radius 3 is 2.77 bits per heavy atom. The molecule has 3 rings (SSSR count). The molecule has 1 aromatic carbocycles. The Kier molecular flexibility index (Phi) is 6.01. The smallest absolute Gasteiger partial charge is 0.253 e. The Hall–Kier alpha value is -2.67. The fourth-order valence-electron chi connectivity index (χ4n) is 2.90. The molecule has 2 aromatic rings. The SMILES string of the molecule is COc1cccc(C(=O)N2CCC(C(=O)N/N=C/c3cccs3)CC2)c1. The zero-order valence-corrected chi connectivity index (χ0v) is 15.4. The molecule has 2 heterocycles. The Balaban J connectivity index is 1.50. The number of piperidine rings is 1. The van der Waals surface area contributed by atoms with Gasteiger partial charge in [-0.3, -0.25) is 9.59 Å². The summed E-state index contributed by atoms with van der Waals surface area (Å²) in [6, 6.07) is 11.0. The van der Waals surface area contributed by atoms with Crippen molar-refractivity contribution in [3.63, 3.8) is 0 Å². The maximum atomic E-state index is 12.6. The zero-order chi connectivity index (χ0) is 18.4. The lowest BCUT2D eigenvalue weighted by Crippen LogP contribution is -2.42. The standard InChI is InChI=1S/C19H21N3O3S/c1-25-16-5-2-4-15(12-16)19(24)22-9-7-14(8-10-22)18(23)21-20-13-17-6-3-11-26-17/h2-6,11-14H,7-10H2,1H3,(H,21,23)/b20-13+. The summed E-state index contributed by atoms with van der Waals surface area (Å²) in [7, 11) is 1.58. The van der Waals surface area contributed by atoms with Crippen LogP contribution < -0.4 is 10.2 Å². The Morgan fingerprint density at radius 1 is 1.27 bits per heavy atom. The van der Waals surface area contributed by atoms with Crippen LogP contribution in [-0.2, 0) is 4.79 Å². The maximum absolute atomic E-state index is 12.6. The molecular weight excluding hydrogens is 350 g/mol. The number of carbonyl (C=O) groups is 2. The molecule has 1 aliphatic heterocycles. The van der Waals surface area contributed by atoms with Gasteiger partial charge < -0.3 is 9.64 Å². The van der Waals surface area contributed by atoms with Gasteiger partial charge in [0.25, 0.3) is 5.91 Å². The van der Waals surface area contributed by atoms with E-state index in [9.17, 15) is 9.59 Å². The van der Waals surface area contributed by atoms with Crippen molar-refractivity contribution in [3.05, 3.63) is 52.2 Å². The Morgan fingerprint density at radius 2 is 2.08 bits per heavy atom. The largest absolute Gasteiger partial charge is 0.497 e. The molecule has 0 spiro atoms. The van der Waals surface area contributed by atoms with E-state index in [4.69, 9.17) is 4.74 Å². The second kappa shape index (κ2) is 8.62. The van der Waals surface area contributed by atoms with E-state index in [1.54, 1.807) is 47.8 Å². The molecule has 0 bridgehead atoms. The van der Waals surface area contributed by atoms with Crippen LogP contribution in [0.4, 0.5) is 0 Å². The molecule has 1 aromatic heterocycles. The summed E-state index contributed by atoms with van der Waals surface area (Å²) in [5, 5.41) is 5.96. The third-order valence-corrected chi connectivity index (χ3v) is 5.19. The quantitative estimate of drug-likeness (QED) is 0.649. The first-order valence-electron chi connectivity index (χ1n) is 8.47.